The highest BCUT2D eigenvalue weighted by Crippen LogP contribution is 2.37. The van der Waals surface area contributed by atoms with Gasteiger partial charge in [0, 0.05) is 29.7 Å². The molecule has 2 aromatic carbocycles. The summed E-state index contributed by atoms with van der Waals surface area (Å²) >= 11 is 1.35. The molecule has 6 nitrogen and oxygen atoms in total. The zero-order valence-corrected chi connectivity index (χ0v) is 14.3. The molecule has 4 rings (SSSR count). The standard InChI is InChI=1S/C18H15N5OS/c1-23-18(20-21-22-23)25-17(12-7-3-2-4-8-12)16(24)14-11-19-15-10-6-5-9-13(14)15/h2-11,17,19H,1H3/t17-/m0/s1. The van der Waals surface area contributed by atoms with E-state index in [1.165, 1.54) is 11.8 Å². The van der Waals surface area contributed by atoms with E-state index in [1.54, 1.807) is 17.9 Å². The fraction of sp³-hybridized carbons (Fsp3) is 0.111. The van der Waals surface area contributed by atoms with E-state index in [0.29, 0.717) is 10.7 Å². The van der Waals surface area contributed by atoms with Crippen LogP contribution >= 0.6 is 11.8 Å². The quantitative estimate of drug-likeness (QED) is 0.441. The average molecular weight is 349 g/mol. The maximum Gasteiger partial charge on any atom is 0.210 e. The second kappa shape index (κ2) is 6.52. The summed E-state index contributed by atoms with van der Waals surface area (Å²) in [5.74, 6) is 0.0247. The summed E-state index contributed by atoms with van der Waals surface area (Å²) in [6, 6.07) is 17.5. The molecule has 7 heteroatoms. The molecule has 0 spiro atoms. The number of carbonyl (C=O) groups excluding carboxylic acids is 1. The molecule has 0 amide bonds. The predicted octanol–water partition coefficient (Wildman–Crippen LogP) is 3.41. The minimum Gasteiger partial charge on any atom is -0.360 e. The SMILES string of the molecule is Cn1nnnc1S[C@H](C(=O)c1c[nH]c2ccccc12)c1ccccc1. The number of hydrogen-bond donors (Lipinski definition) is 1. The van der Waals surface area contributed by atoms with Crippen LogP contribution in [0.4, 0.5) is 0 Å². The van der Waals surface area contributed by atoms with Crippen molar-refractivity contribution in [2.24, 2.45) is 7.05 Å². The molecular formula is C18H15N5OS. The summed E-state index contributed by atoms with van der Waals surface area (Å²) in [5.41, 5.74) is 2.54. The van der Waals surface area contributed by atoms with Crippen molar-refractivity contribution in [3.8, 4) is 0 Å². The molecule has 1 atom stereocenters. The van der Waals surface area contributed by atoms with E-state index in [9.17, 15) is 4.79 Å². The van der Waals surface area contributed by atoms with Crippen molar-refractivity contribution in [3.05, 3.63) is 71.9 Å². The molecule has 0 aliphatic rings. The Balaban J connectivity index is 1.77. The molecule has 0 radical (unpaired) electrons. The molecule has 0 saturated carbocycles. The van der Waals surface area contributed by atoms with Gasteiger partial charge in [0.1, 0.15) is 5.25 Å². The molecule has 0 aliphatic heterocycles. The summed E-state index contributed by atoms with van der Waals surface area (Å²) in [6.07, 6.45) is 1.78. The minimum absolute atomic E-state index is 0.0247. The molecule has 124 valence electrons. The van der Waals surface area contributed by atoms with Crippen LogP contribution in [0.3, 0.4) is 0 Å². The Bertz CT molecular complexity index is 1020. The van der Waals surface area contributed by atoms with Crippen molar-refractivity contribution in [1.82, 2.24) is 25.2 Å². The van der Waals surface area contributed by atoms with Crippen LogP contribution in [0.25, 0.3) is 10.9 Å². The maximum atomic E-state index is 13.3. The summed E-state index contributed by atoms with van der Waals surface area (Å²) in [5, 5.41) is 12.6. The van der Waals surface area contributed by atoms with Gasteiger partial charge in [0.25, 0.3) is 0 Å². The van der Waals surface area contributed by atoms with Crippen LogP contribution in [-0.4, -0.2) is 31.0 Å². The largest absolute Gasteiger partial charge is 0.360 e. The van der Waals surface area contributed by atoms with Crippen molar-refractivity contribution in [2.75, 3.05) is 0 Å². The Morgan fingerprint density at radius 3 is 2.64 bits per heavy atom. The van der Waals surface area contributed by atoms with Crippen LogP contribution < -0.4 is 0 Å². The number of hydrogen-bond acceptors (Lipinski definition) is 5. The van der Waals surface area contributed by atoms with Crippen molar-refractivity contribution < 1.29 is 4.79 Å². The molecule has 25 heavy (non-hydrogen) atoms. The predicted molar refractivity (Wildman–Crippen MR) is 96.5 cm³/mol. The Morgan fingerprint density at radius 1 is 1.12 bits per heavy atom. The zero-order chi connectivity index (χ0) is 17.2. The first kappa shape index (κ1) is 15.6. The van der Waals surface area contributed by atoms with Gasteiger partial charge in [0.2, 0.25) is 5.16 Å². The van der Waals surface area contributed by atoms with E-state index < -0.39 is 5.25 Å². The van der Waals surface area contributed by atoms with E-state index in [-0.39, 0.29) is 5.78 Å². The molecule has 0 saturated heterocycles. The molecule has 4 aromatic rings. The van der Waals surface area contributed by atoms with Crippen LogP contribution in [-0.2, 0) is 7.05 Å². The maximum absolute atomic E-state index is 13.3. The first-order chi connectivity index (χ1) is 12.2. The second-order valence-electron chi connectivity index (χ2n) is 5.61. The number of nitrogens with zero attached hydrogens (tertiary/aromatic N) is 4. The van der Waals surface area contributed by atoms with Crippen LogP contribution in [0, 0.1) is 0 Å². The highest BCUT2D eigenvalue weighted by atomic mass is 32.2. The van der Waals surface area contributed by atoms with Gasteiger partial charge in [-0.3, -0.25) is 4.79 Å². The van der Waals surface area contributed by atoms with Gasteiger partial charge in [0.05, 0.1) is 0 Å². The highest BCUT2D eigenvalue weighted by molar-refractivity contribution is 8.00. The Kier molecular flexibility index (Phi) is 4.07. The third-order valence-corrected chi connectivity index (χ3v) is 5.28. The van der Waals surface area contributed by atoms with Crippen LogP contribution in [0.15, 0.2) is 66.0 Å². The fourth-order valence-electron chi connectivity index (χ4n) is 2.74. The van der Waals surface area contributed by atoms with E-state index >= 15 is 0 Å². The van der Waals surface area contributed by atoms with Crippen molar-refractivity contribution >= 4 is 28.4 Å². The molecule has 0 aliphatic carbocycles. The van der Waals surface area contributed by atoms with Gasteiger partial charge in [-0.2, -0.15) is 0 Å². The molecular weight excluding hydrogens is 334 g/mol. The molecule has 1 N–H and O–H groups in total. The Morgan fingerprint density at radius 2 is 1.88 bits per heavy atom. The number of aryl methyl sites for hydroxylation is 1. The van der Waals surface area contributed by atoms with Crippen LogP contribution in [0.1, 0.15) is 21.2 Å². The normalized spacial score (nSPS) is 12.4. The van der Waals surface area contributed by atoms with Gasteiger partial charge in [-0.05, 0) is 22.1 Å². The van der Waals surface area contributed by atoms with Crippen LogP contribution in [0.2, 0.25) is 0 Å². The van der Waals surface area contributed by atoms with E-state index in [1.807, 2.05) is 54.6 Å². The second-order valence-corrected chi connectivity index (χ2v) is 6.68. The van der Waals surface area contributed by atoms with Crippen molar-refractivity contribution in [3.63, 3.8) is 0 Å². The fourth-order valence-corrected chi connectivity index (χ4v) is 3.75. The number of benzene rings is 2. The molecule has 2 aromatic heterocycles. The van der Waals surface area contributed by atoms with Gasteiger partial charge in [-0.1, -0.05) is 60.3 Å². The molecule has 0 fully saturated rings. The first-order valence-corrected chi connectivity index (χ1v) is 8.66. The number of tetrazole rings is 1. The van der Waals surface area contributed by atoms with Gasteiger partial charge in [-0.15, -0.1) is 5.10 Å². The number of aromatic amines is 1. The zero-order valence-electron chi connectivity index (χ0n) is 13.5. The summed E-state index contributed by atoms with van der Waals surface area (Å²) in [4.78, 5) is 16.5. The lowest BCUT2D eigenvalue weighted by Gasteiger charge is -2.14. The number of fused-ring (bicyclic) bond motifs is 1. The summed E-state index contributed by atoms with van der Waals surface area (Å²) in [7, 11) is 1.76. The van der Waals surface area contributed by atoms with Gasteiger partial charge < -0.3 is 4.98 Å². The Hall–Kier alpha value is -2.93. The average Bonchev–Trinajstić information content (AvgIpc) is 3.26. The number of H-pyrrole nitrogens is 1. The third-order valence-electron chi connectivity index (χ3n) is 4.00. The number of para-hydroxylation sites is 1. The van der Waals surface area contributed by atoms with Gasteiger partial charge >= 0.3 is 0 Å². The number of thioether (sulfide) groups is 1. The van der Waals surface area contributed by atoms with E-state index in [0.717, 1.165) is 16.5 Å². The summed E-state index contributed by atoms with van der Waals surface area (Å²) < 4.78 is 1.57. The smallest absolute Gasteiger partial charge is 0.210 e. The first-order valence-electron chi connectivity index (χ1n) is 7.78. The topological polar surface area (TPSA) is 76.5 Å². The van der Waals surface area contributed by atoms with E-state index in [2.05, 4.69) is 20.5 Å². The summed E-state index contributed by atoms with van der Waals surface area (Å²) in [6.45, 7) is 0. The number of rotatable bonds is 5. The number of nitrogens with one attached hydrogen (secondary N) is 1. The van der Waals surface area contributed by atoms with Crippen molar-refractivity contribution in [2.45, 2.75) is 10.4 Å². The lowest BCUT2D eigenvalue weighted by atomic mass is 10.0. The number of Topliss-reactive ketones (excluding diaryl/α,β-unsaturated/α-hetero) is 1. The number of carbonyl (C=O) groups is 1. The van der Waals surface area contributed by atoms with Crippen LogP contribution in [0.5, 0.6) is 0 Å². The van der Waals surface area contributed by atoms with Gasteiger partial charge in [0.15, 0.2) is 5.78 Å². The molecule has 0 bridgehead atoms. The monoisotopic (exact) mass is 349 g/mol. The minimum atomic E-state index is -0.426. The lowest BCUT2D eigenvalue weighted by molar-refractivity contribution is 0.0991. The van der Waals surface area contributed by atoms with Gasteiger partial charge in [-0.25, -0.2) is 4.68 Å². The molecule has 2 heterocycles. The highest BCUT2D eigenvalue weighted by Gasteiger charge is 2.27. The number of ketones is 1. The molecule has 0 unspecified atom stereocenters. The van der Waals surface area contributed by atoms with Crippen molar-refractivity contribution in [1.29, 1.82) is 0 Å². The third kappa shape index (κ3) is 2.94. The number of aromatic nitrogens is 5. The lowest BCUT2D eigenvalue weighted by Crippen LogP contribution is -2.11. The Labute approximate surface area is 148 Å². The van der Waals surface area contributed by atoms with E-state index in [4.69, 9.17) is 0 Å².